The van der Waals surface area contributed by atoms with Crippen LogP contribution in [0.1, 0.15) is 54.0 Å². The molecule has 0 saturated carbocycles. The number of hydrogen-bond donors (Lipinski definition) is 0. The molecule has 0 bridgehead atoms. The van der Waals surface area contributed by atoms with Crippen molar-refractivity contribution in [3.63, 3.8) is 0 Å². The SMILES string of the molecule is CCC(C)C1C(c2cccc(C)c2C)=Cc2ccccc21. The lowest BCUT2D eigenvalue weighted by atomic mass is 9.79. The van der Waals surface area contributed by atoms with Crippen LogP contribution in [0.15, 0.2) is 42.5 Å². The van der Waals surface area contributed by atoms with Gasteiger partial charge in [0.2, 0.25) is 0 Å². The highest BCUT2D eigenvalue weighted by Gasteiger charge is 2.30. The molecule has 0 amide bonds. The van der Waals surface area contributed by atoms with Gasteiger partial charge in [-0.3, -0.25) is 0 Å². The second kappa shape index (κ2) is 5.52. The average molecular weight is 276 g/mol. The summed E-state index contributed by atoms with van der Waals surface area (Å²) in [6.45, 7) is 9.14. The zero-order valence-electron chi connectivity index (χ0n) is 13.5. The molecule has 0 aromatic heterocycles. The van der Waals surface area contributed by atoms with Gasteiger partial charge in [-0.15, -0.1) is 0 Å². The Kier molecular flexibility index (Phi) is 3.71. The van der Waals surface area contributed by atoms with Crippen molar-refractivity contribution in [2.24, 2.45) is 5.92 Å². The van der Waals surface area contributed by atoms with E-state index in [9.17, 15) is 0 Å². The van der Waals surface area contributed by atoms with E-state index in [2.05, 4.69) is 76.2 Å². The Bertz CT molecular complexity index is 691. The number of fused-ring (bicyclic) bond motifs is 1. The van der Waals surface area contributed by atoms with Crippen LogP contribution in [0.5, 0.6) is 0 Å². The predicted octanol–water partition coefficient (Wildman–Crippen LogP) is 5.99. The summed E-state index contributed by atoms with van der Waals surface area (Å²) in [5.41, 5.74) is 8.64. The van der Waals surface area contributed by atoms with E-state index in [0.29, 0.717) is 11.8 Å². The highest BCUT2D eigenvalue weighted by Crippen LogP contribution is 2.47. The highest BCUT2D eigenvalue weighted by molar-refractivity contribution is 5.92. The van der Waals surface area contributed by atoms with Crippen LogP contribution in [0, 0.1) is 19.8 Å². The summed E-state index contributed by atoms with van der Waals surface area (Å²) >= 11 is 0. The molecule has 2 unspecified atom stereocenters. The minimum absolute atomic E-state index is 0.534. The fraction of sp³-hybridized carbons (Fsp3) is 0.333. The highest BCUT2D eigenvalue weighted by atomic mass is 14.3. The lowest BCUT2D eigenvalue weighted by molar-refractivity contribution is 0.520. The Labute approximate surface area is 128 Å². The van der Waals surface area contributed by atoms with Gasteiger partial charge in [0.25, 0.3) is 0 Å². The molecule has 0 N–H and O–H groups in total. The molecule has 2 aromatic carbocycles. The minimum atomic E-state index is 0.534. The fourth-order valence-electron chi connectivity index (χ4n) is 3.51. The molecule has 21 heavy (non-hydrogen) atoms. The number of hydrogen-bond acceptors (Lipinski definition) is 0. The van der Waals surface area contributed by atoms with E-state index < -0.39 is 0 Å². The number of allylic oxidation sites excluding steroid dienone is 1. The molecule has 0 heterocycles. The molecular formula is C21H24. The van der Waals surface area contributed by atoms with Gasteiger partial charge in [0.1, 0.15) is 0 Å². The van der Waals surface area contributed by atoms with Crippen molar-refractivity contribution in [2.45, 2.75) is 40.0 Å². The largest absolute Gasteiger partial charge is 0.0651 e. The number of rotatable bonds is 3. The van der Waals surface area contributed by atoms with Gasteiger partial charge in [0.05, 0.1) is 0 Å². The van der Waals surface area contributed by atoms with Gasteiger partial charge < -0.3 is 0 Å². The third kappa shape index (κ3) is 2.33. The van der Waals surface area contributed by atoms with E-state index in [4.69, 9.17) is 0 Å². The zero-order valence-corrected chi connectivity index (χ0v) is 13.5. The van der Waals surface area contributed by atoms with Gasteiger partial charge >= 0.3 is 0 Å². The van der Waals surface area contributed by atoms with Crippen molar-refractivity contribution in [1.29, 1.82) is 0 Å². The molecule has 1 aliphatic rings. The van der Waals surface area contributed by atoms with E-state index >= 15 is 0 Å². The molecule has 2 atom stereocenters. The number of aryl methyl sites for hydroxylation is 1. The normalized spacial score (nSPS) is 18.3. The maximum Gasteiger partial charge on any atom is 0.0127 e. The smallest absolute Gasteiger partial charge is 0.0127 e. The van der Waals surface area contributed by atoms with E-state index in [1.807, 2.05) is 0 Å². The van der Waals surface area contributed by atoms with Crippen molar-refractivity contribution >= 4 is 11.6 Å². The molecule has 108 valence electrons. The van der Waals surface area contributed by atoms with Crippen molar-refractivity contribution in [1.82, 2.24) is 0 Å². The van der Waals surface area contributed by atoms with Crippen LogP contribution in [0.25, 0.3) is 11.6 Å². The third-order valence-electron chi connectivity index (χ3n) is 5.11. The summed E-state index contributed by atoms with van der Waals surface area (Å²) in [7, 11) is 0. The standard InChI is InChI=1S/C21H24/c1-5-14(2)21-19-11-7-6-10-17(19)13-20(21)18-12-8-9-15(3)16(18)4/h6-14,21H,5H2,1-4H3. The van der Waals surface area contributed by atoms with Gasteiger partial charge in [0.15, 0.2) is 0 Å². The molecule has 3 rings (SSSR count). The Morgan fingerprint density at radius 2 is 1.76 bits per heavy atom. The van der Waals surface area contributed by atoms with Crippen LogP contribution < -0.4 is 0 Å². The predicted molar refractivity (Wildman–Crippen MR) is 92.4 cm³/mol. The fourth-order valence-corrected chi connectivity index (χ4v) is 3.51. The first-order chi connectivity index (χ1) is 10.1. The maximum atomic E-state index is 2.41. The summed E-state index contributed by atoms with van der Waals surface area (Å²) in [6.07, 6.45) is 3.62. The summed E-state index contributed by atoms with van der Waals surface area (Å²) in [5, 5.41) is 0. The molecule has 0 heteroatoms. The molecule has 0 saturated heterocycles. The number of benzene rings is 2. The quantitative estimate of drug-likeness (QED) is 0.646. The van der Waals surface area contributed by atoms with Crippen LogP contribution in [0.2, 0.25) is 0 Å². The molecule has 1 aliphatic carbocycles. The Hall–Kier alpha value is -1.82. The Morgan fingerprint density at radius 3 is 2.52 bits per heavy atom. The van der Waals surface area contributed by atoms with Gasteiger partial charge in [-0.05, 0) is 53.2 Å². The summed E-state index contributed by atoms with van der Waals surface area (Å²) in [6, 6.07) is 15.6. The van der Waals surface area contributed by atoms with Crippen molar-refractivity contribution in [3.8, 4) is 0 Å². The first kappa shape index (κ1) is 14.1. The first-order valence-corrected chi connectivity index (χ1v) is 8.00. The van der Waals surface area contributed by atoms with Crippen LogP contribution in [0.3, 0.4) is 0 Å². The topological polar surface area (TPSA) is 0 Å². The molecular weight excluding hydrogens is 252 g/mol. The van der Waals surface area contributed by atoms with Gasteiger partial charge in [-0.2, -0.15) is 0 Å². The third-order valence-corrected chi connectivity index (χ3v) is 5.11. The van der Waals surface area contributed by atoms with Crippen LogP contribution in [-0.2, 0) is 0 Å². The van der Waals surface area contributed by atoms with Crippen LogP contribution in [-0.4, -0.2) is 0 Å². The average Bonchev–Trinajstić information content (AvgIpc) is 2.88. The van der Waals surface area contributed by atoms with Crippen molar-refractivity contribution in [2.75, 3.05) is 0 Å². The van der Waals surface area contributed by atoms with Crippen molar-refractivity contribution < 1.29 is 0 Å². The van der Waals surface area contributed by atoms with E-state index in [1.54, 1.807) is 0 Å². The monoisotopic (exact) mass is 276 g/mol. The summed E-state index contributed by atoms with van der Waals surface area (Å²) in [4.78, 5) is 0. The minimum Gasteiger partial charge on any atom is -0.0651 e. The Morgan fingerprint density at radius 1 is 1.00 bits per heavy atom. The van der Waals surface area contributed by atoms with E-state index in [-0.39, 0.29) is 0 Å². The summed E-state index contributed by atoms with van der Waals surface area (Å²) < 4.78 is 0. The zero-order chi connectivity index (χ0) is 15.0. The van der Waals surface area contributed by atoms with Crippen LogP contribution >= 0.6 is 0 Å². The molecule has 0 nitrogen and oxygen atoms in total. The van der Waals surface area contributed by atoms with Gasteiger partial charge in [0, 0.05) is 5.92 Å². The lowest BCUT2D eigenvalue weighted by Gasteiger charge is -2.24. The Balaban J connectivity index is 2.16. The molecule has 0 radical (unpaired) electrons. The maximum absolute atomic E-state index is 2.41. The van der Waals surface area contributed by atoms with E-state index in [1.165, 1.54) is 39.8 Å². The summed E-state index contributed by atoms with van der Waals surface area (Å²) in [5.74, 6) is 1.20. The molecule has 0 aliphatic heterocycles. The molecule has 2 aromatic rings. The molecule has 0 spiro atoms. The molecule has 0 fully saturated rings. The van der Waals surface area contributed by atoms with Gasteiger partial charge in [-0.1, -0.05) is 68.8 Å². The lowest BCUT2D eigenvalue weighted by Crippen LogP contribution is -2.09. The first-order valence-electron chi connectivity index (χ1n) is 8.00. The van der Waals surface area contributed by atoms with Crippen LogP contribution in [0.4, 0.5) is 0 Å². The van der Waals surface area contributed by atoms with Crippen molar-refractivity contribution in [3.05, 3.63) is 70.3 Å². The second-order valence-electron chi connectivity index (χ2n) is 6.34. The van der Waals surface area contributed by atoms with Gasteiger partial charge in [-0.25, -0.2) is 0 Å². The van der Waals surface area contributed by atoms with E-state index in [0.717, 1.165) is 0 Å². The second-order valence-corrected chi connectivity index (χ2v) is 6.34.